The molecule has 0 aromatic rings. The summed E-state index contributed by atoms with van der Waals surface area (Å²) in [5.74, 6) is -0.0614. The first-order chi connectivity index (χ1) is 30.2. The molecule has 3 N–H and O–H groups in total. The van der Waals surface area contributed by atoms with Crippen molar-refractivity contribution < 1.29 is 15.0 Å². The summed E-state index contributed by atoms with van der Waals surface area (Å²) >= 11 is 0. The molecular weight excluding hydrogens is 747 g/mol. The summed E-state index contributed by atoms with van der Waals surface area (Å²) < 4.78 is 0. The van der Waals surface area contributed by atoms with Crippen LogP contribution in [0.3, 0.4) is 0 Å². The van der Waals surface area contributed by atoms with Crippen LogP contribution >= 0.6 is 0 Å². The number of aliphatic hydroxyl groups excluding tert-OH is 2. The van der Waals surface area contributed by atoms with Crippen molar-refractivity contribution in [1.29, 1.82) is 0 Å². The quantitative estimate of drug-likeness (QED) is 0.0422. The van der Waals surface area contributed by atoms with E-state index in [1.165, 1.54) is 231 Å². The maximum Gasteiger partial charge on any atom is 0.220 e. The van der Waals surface area contributed by atoms with Crippen molar-refractivity contribution in [2.75, 3.05) is 6.61 Å². The van der Waals surface area contributed by atoms with Crippen molar-refractivity contribution in [1.82, 2.24) is 5.32 Å². The monoisotopic (exact) mass is 854 g/mol. The minimum atomic E-state index is -0.839. The molecular formula is C57H107NO3. The fourth-order valence-corrected chi connectivity index (χ4v) is 8.36. The van der Waals surface area contributed by atoms with Gasteiger partial charge < -0.3 is 15.5 Å². The van der Waals surface area contributed by atoms with Gasteiger partial charge in [-0.2, -0.15) is 0 Å². The number of nitrogens with one attached hydrogen (secondary N) is 1. The van der Waals surface area contributed by atoms with Crippen molar-refractivity contribution in [3.8, 4) is 0 Å². The second-order valence-electron chi connectivity index (χ2n) is 18.7. The Morgan fingerprint density at radius 2 is 0.672 bits per heavy atom. The molecule has 1 amide bonds. The molecule has 0 bridgehead atoms. The molecule has 0 spiro atoms. The summed E-state index contributed by atoms with van der Waals surface area (Å²) in [6.45, 7) is 4.32. The van der Waals surface area contributed by atoms with Gasteiger partial charge in [0.15, 0.2) is 0 Å². The van der Waals surface area contributed by atoms with Gasteiger partial charge in [-0.05, 0) is 57.8 Å². The molecule has 0 aliphatic rings. The number of rotatable bonds is 50. The van der Waals surface area contributed by atoms with E-state index in [1.54, 1.807) is 6.08 Å². The van der Waals surface area contributed by atoms with Crippen molar-refractivity contribution in [2.45, 2.75) is 302 Å². The topological polar surface area (TPSA) is 69.6 Å². The summed E-state index contributed by atoms with van der Waals surface area (Å²) in [6.07, 6.45) is 72.6. The maximum atomic E-state index is 12.5. The first kappa shape index (κ1) is 59.4. The van der Waals surface area contributed by atoms with Crippen LogP contribution in [0.5, 0.6) is 0 Å². The third-order valence-corrected chi connectivity index (χ3v) is 12.6. The fourth-order valence-electron chi connectivity index (χ4n) is 8.36. The van der Waals surface area contributed by atoms with Crippen LogP contribution in [-0.2, 0) is 4.79 Å². The molecule has 0 aromatic carbocycles. The lowest BCUT2D eigenvalue weighted by atomic mass is 10.0. The summed E-state index contributed by atoms with van der Waals surface area (Å²) in [5, 5.41) is 23.1. The lowest BCUT2D eigenvalue weighted by Gasteiger charge is -2.20. The molecule has 0 heterocycles. The lowest BCUT2D eigenvalue weighted by molar-refractivity contribution is -0.123. The standard InChI is InChI=1S/C57H107NO3/c1-3-5-7-9-11-13-15-17-19-21-23-24-25-26-27-28-29-30-31-32-33-34-35-37-39-41-43-45-47-49-51-53-57(61)58-55(54-59)56(60)52-50-48-46-44-42-40-38-36-22-20-18-16-14-12-10-8-6-4-2/h15,17,21,23,25-26,50,52,55-56,59-60H,3-14,16,18-20,22,24,27-49,51,53-54H2,1-2H3,(H,58,61)/b17-15-,23-21-,26-25-,52-50+. The molecule has 0 aromatic heterocycles. The highest BCUT2D eigenvalue weighted by Crippen LogP contribution is 2.16. The zero-order valence-corrected chi connectivity index (χ0v) is 41.2. The van der Waals surface area contributed by atoms with E-state index in [9.17, 15) is 15.0 Å². The summed E-state index contributed by atoms with van der Waals surface area (Å²) in [4.78, 5) is 12.5. The number of allylic oxidation sites excluding steroid dienone is 7. The van der Waals surface area contributed by atoms with Crippen LogP contribution in [0.25, 0.3) is 0 Å². The molecule has 2 unspecified atom stereocenters. The van der Waals surface area contributed by atoms with E-state index in [0.717, 1.165) is 38.5 Å². The van der Waals surface area contributed by atoms with E-state index < -0.39 is 12.1 Å². The van der Waals surface area contributed by atoms with Crippen LogP contribution in [-0.4, -0.2) is 34.9 Å². The second-order valence-corrected chi connectivity index (χ2v) is 18.7. The Hall–Kier alpha value is -1.65. The smallest absolute Gasteiger partial charge is 0.220 e. The maximum absolute atomic E-state index is 12.5. The van der Waals surface area contributed by atoms with Gasteiger partial charge in [-0.3, -0.25) is 4.79 Å². The van der Waals surface area contributed by atoms with Gasteiger partial charge in [-0.1, -0.05) is 274 Å². The molecule has 0 radical (unpaired) electrons. The zero-order valence-electron chi connectivity index (χ0n) is 41.2. The molecule has 0 saturated carbocycles. The van der Waals surface area contributed by atoms with Gasteiger partial charge in [0, 0.05) is 6.42 Å². The highest BCUT2D eigenvalue weighted by Gasteiger charge is 2.18. The first-order valence-corrected chi connectivity index (χ1v) is 27.4. The zero-order chi connectivity index (χ0) is 44.2. The van der Waals surface area contributed by atoms with E-state index in [1.807, 2.05) is 6.08 Å². The van der Waals surface area contributed by atoms with Crippen LogP contribution < -0.4 is 5.32 Å². The molecule has 358 valence electrons. The Morgan fingerprint density at radius 1 is 0.393 bits per heavy atom. The van der Waals surface area contributed by atoms with E-state index in [0.29, 0.717) is 6.42 Å². The number of carbonyl (C=O) groups is 1. The molecule has 4 heteroatoms. The molecule has 0 fully saturated rings. The van der Waals surface area contributed by atoms with Crippen LogP contribution in [0.2, 0.25) is 0 Å². The van der Waals surface area contributed by atoms with Gasteiger partial charge >= 0.3 is 0 Å². The molecule has 0 rings (SSSR count). The predicted octanol–water partition coefficient (Wildman–Crippen LogP) is 17.9. The molecule has 0 aliphatic heterocycles. The fraction of sp³-hybridized carbons (Fsp3) is 0.842. The van der Waals surface area contributed by atoms with Gasteiger partial charge in [0.1, 0.15) is 0 Å². The van der Waals surface area contributed by atoms with E-state index in [2.05, 4.69) is 55.6 Å². The van der Waals surface area contributed by atoms with Crippen molar-refractivity contribution >= 4 is 5.91 Å². The number of aliphatic hydroxyl groups is 2. The van der Waals surface area contributed by atoms with Crippen molar-refractivity contribution in [3.05, 3.63) is 48.6 Å². The third-order valence-electron chi connectivity index (χ3n) is 12.6. The Labute approximate surface area is 382 Å². The molecule has 61 heavy (non-hydrogen) atoms. The largest absolute Gasteiger partial charge is 0.394 e. The highest BCUT2D eigenvalue weighted by atomic mass is 16.3. The van der Waals surface area contributed by atoms with E-state index in [-0.39, 0.29) is 12.5 Å². The van der Waals surface area contributed by atoms with Gasteiger partial charge in [0.2, 0.25) is 5.91 Å². The number of hydrogen-bond donors (Lipinski definition) is 3. The van der Waals surface area contributed by atoms with Crippen molar-refractivity contribution in [2.24, 2.45) is 0 Å². The minimum absolute atomic E-state index is 0.0614. The summed E-state index contributed by atoms with van der Waals surface area (Å²) in [6, 6.07) is -0.622. The van der Waals surface area contributed by atoms with Gasteiger partial charge in [0.25, 0.3) is 0 Å². The second kappa shape index (κ2) is 52.7. The molecule has 4 nitrogen and oxygen atoms in total. The van der Waals surface area contributed by atoms with Gasteiger partial charge in [-0.15, -0.1) is 0 Å². The van der Waals surface area contributed by atoms with E-state index >= 15 is 0 Å². The van der Waals surface area contributed by atoms with Crippen LogP contribution in [0.4, 0.5) is 0 Å². The van der Waals surface area contributed by atoms with Crippen LogP contribution in [0, 0.1) is 0 Å². The lowest BCUT2D eigenvalue weighted by Crippen LogP contribution is -2.45. The number of hydrogen-bond acceptors (Lipinski definition) is 3. The molecule has 2 atom stereocenters. The summed E-state index contributed by atoms with van der Waals surface area (Å²) in [5.41, 5.74) is 0. The average Bonchev–Trinajstić information content (AvgIpc) is 3.26. The summed E-state index contributed by atoms with van der Waals surface area (Å²) in [7, 11) is 0. The average molecular weight is 854 g/mol. The van der Waals surface area contributed by atoms with Crippen LogP contribution in [0.15, 0.2) is 48.6 Å². The minimum Gasteiger partial charge on any atom is -0.394 e. The first-order valence-electron chi connectivity index (χ1n) is 27.4. The number of unbranched alkanes of at least 4 members (excludes halogenated alkanes) is 37. The third kappa shape index (κ3) is 49.2. The Morgan fingerprint density at radius 3 is 1.00 bits per heavy atom. The van der Waals surface area contributed by atoms with Gasteiger partial charge in [-0.25, -0.2) is 0 Å². The molecule has 0 aliphatic carbocycles. The van der Waals surface area contributed by atoms with E-state index in [4.69, 9.17) is 0 Å². The number of carbonyl (C=O) groups excluding carboxylic acids is 1. The Bertz CT molecular complexity index is 970. The Kier molecular flexibility index (Phi) is 51.3. The van der Waals surface area contributed by atoms with Crippen LogP contribution in [0.1, 0.15) is 290 Å². The predicted molar refractivity (Wildman–Crippen MR) is 271 cm³/mol. The highest BCUT2D eigenvalue weighted by molar-refractivity contribution is 5.76. The van der Waals surface area contributed by atoms with Crippen molar-refractivity contribution in [3.63, 3.8) is 0 Å². The molecule has 0 saturated heterocycles. The van der Waals surface area contributed by atoms with Gasteiger partial charge in [0.05, 0.1) is 18.8 Å². The SMILES string of the molecule is CCCCCCC/C=C\C/C=C\C/C=C\CCCCCCCCCCCCCCCCCCC(=O)NC(CO)C(O)/C=C/CCCCCCCCCCCCCCCCCC. The normalized spacial score (nSPS) is 13.2. The Balaban J connectivity index is 3.49. The number of amides is 1.